The average Bonchev–Trinajstić information content (AvgIpc) is 2.76. The number of hydrazine groups is 1. The number of hydrogen-bond donors (Lipinski definition) is 3. The van der Waals surface area contributed by atoms with Crippen LogP contribution in [0.2, 0.25) is 0 Å². The standard InChI is InChI=1S/C22H29N3O5/c1-2-29-22(28)16-6-7-17(23-15-16)14-20(27)21(24-25-12-4-3-5-13-25)30-19-10-8-18(26)9-11-19/h6-11,15,20-21,24,26-27H,2-5,12-14H2,1H3/t20-,21?/m0/s1. The number of nitrogens with zero attached hydrogens (tertiary/aromatic N) is 2. The maximum absolute atomic E-state index is 11.8. The first kappa shape index (κ1) is 22.0. The van der Waals surface area contributed by atoms with E-state index in [1.165, 1.54) is 24.8 Å². The van der Waals surface area contributed by atoms with Crippen molar-refractivity contribution >= 4 is 5.97 Å². The lowest BCUT2D eigenvalue weighted by atomic mass is 10.1. The summed E-state index contributed by atoms with van der Waals surface area (Å²) >= 11 is 0. The fourth-order valence-electron chi connectivity index (χ4n) is 3.27. The molecule has 2 heterocycles. The number of carbonyl (C=O) groups excluding carboxylic acids is 1. The second kappa shape index (κ2) is 10.9. The number of rotatable bonds is 9. The Kier molecular flexibility index (Phi) is 8.01. The highest BCUT2D eigenvalue weighted by atomic mass is 16.5. The number of pyridine rings is 1. The molecule has 1 fully saturated rings. The monoisotopic (exact) mass is 415 g/mol. The Balaban J connectivity index is 1.67. The first-order chi connectivity index (χ1) is 14.5. The van der Waals surface area contributed by atoms with Crippen LogP contribution in [0.5, 0.6) is 11.5 Å². The number of carbonyl (C=O) groups is 1. The lowest BCUT2D eigenvalue weighted by Gasteiger charge is -2.33. The van der Waals surface area contributed by atoms with Crippen LogP contribution in [0.3, 0.4) is 0 Å². The van der Waals surface area contributed by atoms with E-state index in [1.54, 1.807) is 31.2 Å². The molecule has 8 heteroatoms. The number of benzene rings is 1. The quantitative estimate of drug-likeness (QED) is 0.423. The van der Waals surface area contributed by atoms with Gasteiger partial charge in [0, 0.05) is 31.4 Å². The van der Waals surface area contributed by atoms with Crippen molar-refractivity contribution in [2.45, 2.75) is 44.9 Å². The summed E-state index contributed by atoms with van der Waals surface area (Å²) in [6.45, 7) is 3.82. The summed E-state index contributed by atoms with van der Waals surface area (Å²) in [5.41, 5.74) is 4.29. The molecule has 1 aliphatic heterocycles. The zero-order chi connectivity index (χ0) is 21.3. The second-order valence-corrected chi connectivity index (χ2v) is 7.24. The molecule has 1 saturated heterocycles. The molecular formula is C22H29N3O5. The van der Waals surface area contributed by atoms with Gasteiger partial charge in [-0.2, -0.15) is 0 Å². The van der Waals surface area contributed by atoms with Crippen LogP contribution < -0.4 is 10.2 Å². The van der Waals surface area contributed by atoms with Gasteiger partial charge in [-0.15, -0.1) is 0 Å². The summed E-state index contributed by atoms with van der Waals surface area (Å²) in [5.74, 6) is 0.263. The number of piperidine rings is 1. The summed E-state index contributed by atoms with van der Waals surface area (Å²) in [5, 5.41) is 22.4. The molecule has 1 aromatic carbocycles. The van der Waals surface area contributed by atoms with Gasteiger partial charge >= 0.3 is 5.97 Å². The highest BCUT2D eigenvalue weighted by molar-refractivity contribution is 5.88. The summed E-state index contributed by atoms with van der Waals surface area (Å²) in [6.07, 6.45) is 3.49. The first-order valence-electron chi connectivity index (χ1n) is 10.3. The SMILES string of the molecule is CCOC(=O)c1ccc(C[C@H](O)C(NN2CCCCC2)Oc2ccc(O)cc2)nc1. The largest absolute Gasteiger partial charge is 0.508 e. The number of esters is 1. The van der Waals surface area contributed by atoms with Gasteiger partial charge < -0.3 is 19.7 Å². The predicted octanol–water partition coefficient (Wildman–Crippen LogP) is 2.26. The van der Waals surface area contributed by atoms with Crippen molar-refractivity contribution in [1.29, 1.82) is 0 Å². The van der Waals surface area contributed by atoms with Crippen molar-refractivity contribution in [2.75, 3.05) is 19.7 Å². The number of aromatic hydroxyl groups is 1. The van der Waals surface area contributed by atoms with Crippen molar-refractivity contribution in [3.63, 3.8) is 0 Å². The fourth-order valence-corrected chi connectivity index (χ4v) is 3.27. The Morgan fingerprint density at radius 3 is 2.53 bits per heavy atom. The van der Waals surface area contributed by atoms with E-state index in [1.807, 2.05) is 0 Å². The second-order valence-electron chi connectivity index (χ2n) is 7.24. The van der Waals surface area contributed by atoms with Crippen molar-refractivity contribution in [1.82, 2.24) is 15.4 Å². The zero-order valence-electron chi connectivity index (χ0n) is 17.2. The molecule has 0 saturated carbocycles. The van der Waals surface area contributed by atoms with Crippen LogP contribution in [0.25, 0.3) is 0 Å². The van der Waals surface area contributed by atoms with Gasteiger partial charge in [0.1, 0.15) is 17.6 Å². The number of aliphatic hydroxyl groups excluding tert-OH is 1. The third-order valence-electron chi connectivity index (χ3n) is 4.87. The summed E-state index contributed by atoms with van der Waals surface area (Å²) in [6, 6.07) is 9.72. The third kappa shape index (κ3) is 6.41. The van der Waals surface area contributed by atoms with Crippen molar-refractivity contribution in [3.05, 3.63) is 53.9 Å². The number of aliphatic hydroxyl groups is 1. The number of phenolic OH excluding ortho intramolecular Hbond substituents is 1. The molecule has 0 aliphatic carbocycles. The summed E-state index contributed by atoms with van der Waals surface area (Å²) in [4.78, 5) is 16.0. The molecule has 1 aromatic heterocycles. The minimum Gasteiger partial charge on any atom is -0.508 e. The molecule has 0 spiro atoms. The first-order valence-corrected chi connectivity index (χ1v) is 10.3. The molecule has 2 aromatic rings. The molecule has 0 radical (unpaired) electrons. The van der Waals surface area contributed by atoms with E-state index in [0.717, 1.165) is 25.9 Å². The number of phenols is 1. The Labute approximate surface area is 176 Å². The lowest BCUT2D eigenvalue weighted by molar-refractivity contribution is -0.0394. The van der Waals surface area contributed by atoms with Gasteiger partial charge in [0.05, 0.1) is 12.2 Å². The van der Waals surface area contributed by atoms with Crippen LogP contribution in [0.1, 0.15) is 42.2 Å². The molecule has 3 N–H and O–H groups in total. The summed E-state index contributed by atoms with van der Waals surface area (Å²) in [7, 11) is 0. The molecule has 1 unspecified atom stereocenters. The summed E-state index contributed by atoms with van der Waals surface area (Å²) < 4.78 is 10.9. The number of aromatic nitrogens is 1. The van der Waals surface area contributed by atoms with E-state index < -0.39 is 18.3 Å². The van der Waals surface area contributed by atoms with Gasteiger partial charge in [0.15, 0.2) is 6.23 Å². The van der Waals surface area contributed by atoms with Gasteiger partial charge in [-0.1, -0.05) is 6.42 Å². The molecule has 2 atom stereocenters. The lowest BCUT2D eigenvalue weighted by Crippen LogP contribution is -2.54. The maximum atomic E-state index is 11.8. The Bertz CT molecular complexity index is 791. The molecule has 0 bridgehead atoms. The Morgan fingerprint density at radius 2 is 1.90 bits per heavy atom. The number of nitrogens with one attached hydrogen (secondary N) is 1. The number of hydrogen-bond acceptors (Lipinski definition) is 8. The molecule has 30 heavy (non-hydrogen) atoms. The highest BCUT2D eigenvalue weighted by Crippen LogP contribution is 2.19. The molecule has 162 valence electrons. The number of ether oxygens (including phenoxy) is 2. The van der Waals surface area contributed by atoms with Crippen LogP contribution in [-0.4, -0.2) is 58.2 Å². The maximum Gasteiger partial charge on any atom is 0.339 e. The van der Waals surface area contributed by atoms with Crippen LogP contribution in [0, 0.1) is 0 Å². The molecule has 8 nitrogen and oxygen atoms in total. The average molecular weight is 415 g/mol. The van der Waals surface area contributed by atoms with Crippen LogP contribution in [-0.2, 0) is 11.2 Å². The van der Waals surface area contributed by atoms with Crippen molar-refractivity contribution < 1.29 is 24.5 Å². The predicted molar refractivity (Wildman–Crippen MR) is 111 cm³/mol. The Morgan fingerprint density at radius 1 is 1.17 bits per heavy atom. The van der Waals surface area contributed by atoms with Crippen LogP contribution >= 0.6 is 0 Å². The fraction of sp³-hybridized carbons (Fsp3) is 0.455. The van der Waals surface area contributed by atoms with Gasteiger partial charge in [-0.25, -0.2) is 15.2 Å². The van der Waals surface area contributed by atoms with E-state index >= 15 is 0 Å². The topological polar surface area (TPSA) is 104 Å². The van der Waals surface area contributed by atoms with Crippen LogP contribution in [0.4, 0.5) is 0 Å². The van der Waals surface area contributed by atoms with Crippen molar-refractivity contribution in [2.24, 2.45) is 0 Å². The molecular weight excluding hydrogens is 386 g/mol. The molecule has 3 rings (SSSR count). The van der Waals surface area contributed by atoms with E-state index in [9.17, 15) is 15.0 Å². The normalized spacial score (nSPS) is 16.6. The third-order valence-corrected chi connectivity index (χ3v) is 4.87. The molecule has 0 amide bonds. The van der Waals surface area contributed by atoms with Gasteiger partial charge in [-0.3, -0.25) is 4.98 Å². The van der Waals surface area contributed by atoms with E-state index in [4.69, 9.17) is 9.47 Å². The smallest absolute Gasteiger partial charge is 0.339 e. The minimum absolute atomic E-state index is 0.148. The van der Waals surface area contributed by atoms with Gasteiger partial charge in [-0.05, 0) is 56.2 Å². The molecule has 1 aliphatic rings. The van der Waals surface area contributed by atoms with E-state index in [0.29, 0.717) is 23.6 Å². The van der Waals surface area contributed by atoms with Gasteiger partial charge in [0.25, 0.3) is 0 Å². The minimum atomic E-state index is -0.887. The van der Waals surface area contributed by atoms with E-state index in [2.05, 4.69) is 15.4 Å². The van der Waals surface area contributed by atoms with Crippen LogP contribution in [0.15, 0.2) is 42.6 Å². The Hall–Kier alpha value is -2.68. The van der Waals surface area contributed by atoms with E-state index in [-0.39, 0.29) is 12.2 Å². The van der Waals surface area contributed by atoms with Crippen molar-refractivity contribution in [3.8, 4) is 11.5 Å². The highest BCUT2D eigenvalue weighted by Gasteiger charge is 2.25. The zero-order valence-corrected chi connectivity index (χ0v) is 17.2. The van der Waals surface area contributed by atoms with Gasteiger partial charge in [0.2, 0.25) is 0 Å².